The molecule has 11 heteroatoms. The van der Waals surface area contributed by atoms with E-state index in [9.17, 15) is 18.0 Å². The van der Waals surface area contributed by atoms with Crippen LogP contribution in [0.5, 0.6) is 5.88 Å². The van der Waals surface area contributed by atoms with Gasteiger partial charge < -0.3 is 14.4 Å². The molecular formula is C23H21F3N4O3S. The van der Waals surface area contributed by atoms with E-state index in [1.54, 1.807) is 26.0 Å². The van der Waals surface area contributed by atoms with Gasteiger partial charge in [-0.25, -0.2) is 4.98 Å². The third-order valence-corrected chi connectivity index (χ3v) is 6.19. The van der Waals surface area contributed by atoms with Crippen LogP contribution in [0.15, 0.2) is 36.5 Å². The first-order chi connectivity index (χ1) is 16.0. The van der Waals surface area contributed by atoms with Crippen LogP contribution in [-0.4, -0.2) is 41.4 Å². The maximum absolute atomic E-state index is 13.5. The number of alkyl halides is 3. The summed E-state index contributed by atoms with van der Waals surface area (Å²) in [6.45, 7) is 5.10. The molecule has 2 aliphatic heterocycles. The lowest BCUT2D eigenvalue weighted by Crippen LogP contribution is -2.44. The smallest absolute Gasteiger partial charge is 0.417 e. The second kappa shape index (κ2) is 8.85. The monoisotopic (exact) mass is 490 g/mol. The molecule has 3 heterocycles. The van der Waals surface area contributed by atoms with Crippen molar-refractivity contribution in [3.8, 4) is 11.9 Å². The standard InChI is InChI=1S/C23H21F3N4O3S/c1-22(2)20(31)29(16-4-3-15(10-27)18(9-16)23(24,25)26)21(34)30(22)17-5-6-19(28-11-17)33-13-14-7-8-32-12-14/h3-6,9,11,14H,7-8,12-13H2,1-2H3. The summed E-state index contributed by atoms with van der Waals surface area (Å²) in [4.78, 5) is 20.1. The Labute approximate surface area is 199 Å². The number of nitrogens with zero attached hydrogens (tertiary/aromatic N) is 4. The molecule has 2 aliphatic rings. The van der Waals surface area contributed by atoms with Crippen molar-refractivity contribution in [3.05, 3.63) is 47.7 Å². The fraction of sp³-hybridized carbons (Fsp3) is 0.391. The fourth-order valence-electron chi connectivity index (χ4n) is 3.97. The van der Waals surface area contributed by atoms with Crippen LogP contribution in [0, 0.1) is 17.2 Å². The Bertz CT molecular complexity index is 1160. The molecule has 0 saturated carbocycles. The Kier molecular flexibility index (Phi) is 6.22. The number of nitriles is 1. The summed E-state index contributed by atoms with van der Waals surface area (Å²) in [5.41, 5.74) is -2.42. The van der Waals surface area contributed by atoms with Gasteiger partial charge in [-0.15, -0.1) is 0 Å². The zero-order chi connectivity index (χ0) is 24.7. The van der Waals surface area contributed by atoms with E-state index in [-0.39, 0.29) is 10.8 Å². The predicted octanol–water partition coefficient (Wildman–Crippen LogP) is 4.30. The highest BCUT2D eigenvalue weighted by Crippen LogP contribution is 2.39. The minimum absolute atomic E-state index is 0.00593. The molecule has 2 aromatic rings. The molecule has 0 bridgehead atoms. The molecule has 1 atom stereocenters. The summed E-state index contributed by atoms with van der Waals surface area (Å²) in [6.07, 6.45) is -2.33. The number of thiocarbonyl (C=S) groups is 1. The number of aromatic nitrogens is 1. The van der Waals surface area contributed by atoms with Crippen molar-refractivity contribution in [1.29, 1.82) is 5.26 Å². The van der Waals surface area contributed by atoms with Crippen molar-refractivity contribution in [2.45, 2.75) is 32.0 Å². The van der Waals surface area contributed by atoms with Gasteiger partial charge in [0.1, 0.15) is 5.54 Å². The molecule has 178 valence electrons. The number of carbonyl (C=O) groups excluding carboxylic acids is 1. The molecule has 1 aromatic carbocycles. The number of benzene rings is 1. The first-order valence-corrected chi connectivity index (χ1v) is 10.9. The van der Waals surface area contributed by atoms with Crippen molar-refractivity contribution >= 4 is 34.6 Å². The van der Waals surface area contributed by atoms with Gasteiger partial charge in [0.15, 0.2) is 5.11 Å². The van der Waals surface area contributed by atoms with Gasteiger partial charge in [-0.2, -0.15) is 18.4 Å². The predicted molar refractivity (Wildman–Crippen MR) is 121 cm³/mol. The van der Waals surface area contributed by atoms with E-state index < -0.39 is 28.7 Å². The molecular weight excluding hydrogens is 469 g/mol. The van der Waals surface area contributed by atoms with Crippen LogP contribution in [0.1, 0.15) is 31.4 Å². The number of ether oxygens (including phenoxy) is 2. The molecule has 0 spiro atoms. The number of rotatable bonds is 5. The van der Waals surface area contributed by atoms with Gasteiger partial charge in [-0.3, -0.25) is 9.69 Å². The highest BCUT2D eigenvalue weighted by molar-refractivity contribution is 7.81. The SMILES string of the molecule is CC1(C)C(=O)N(c2ccc(C#N)c(C(F)(F)F)c2)C(=S)N1c1ccc(OCC2CCOC2)nc1. The van der Waals surface area contributed by atoms with Gasteiger partial charge in [-0.05, 0) is 56.8 Å². The average molecular weight is 491 g/mol. The van der Waals surface area contributed by atoms with E-state index in [0.717, 1.165) is 30.1 Å². The summed E-state index contributed by atoms with van der Waals surface area (Å²) in [5, 5.41) is 9.06. The first kappa shape index (κ1) is 23.9. The highest BCUT2D eigenvalue weighted by Gasteiger charge is 2.50. The van der Waals surface area contributed by atoms with Gasteiger partial charge in [0, 0.05) is 18.6 Å². The van der Waals surface area contributed by atoms with E-state index in [1.807, 2.05) is 0 Å². The third-order valence-electron chi connectivity index (χ3n) is 5.83. The lowest BCUT2D eigenvalue weighted by atomic mass is 10.0. The largest absolute Gasteiger partial charge is 0.477 e. The maximum Gasteiger partial charge on any atom is 0.417 e. The normalized spacial score (nSPS) is 20.1. The fourth-order valence-corrected chi connectivity index (χ4v) is 4.49. The van der Waals surface area contributed by atoms with Gasteiger partial charge >= 0.3 is 6.18 Å². The van der Waals surface area contributed by atoms with E-state index in [2.05, 4.69) is 4.98 Å². The topological polar surface area (TPSA) is 78.7 Å². The summed E-state index contributed by atoms with van der Waals surface area (Å²) < 4.78 is 51.4. The van der Waals surface area contributed by atoms with E-state index in [4.69, 9.17) is 27.0 Å². The van der Waals surface area contributed by atoms with Crippen molar-refractivity contribution in [2.75, 3.05) is 29.6 Å². The number of amides is 1. The Morgan fingerprint density at radius 3 is 2.62 bits per heavy atom. The van der Waals surface area contributed by atoms with Crippen LogP contribution in [0.2, 0.25) is 0 Å². The molecule has 4 rings (SSSR count). The Morgan fingerprint density at radius 2 is 2.03 bits per heavy atom. The van der Waals surface area contributed by atoms with Gasteiger partial charge in [0.2, 0.25) is 5.88 Å². The van der Waals surface area contributed by atoms with Crippen LogP contribution in [0.3, 0.4) is 0 Å². The van der Waals surface area contributed by atoms with Crippen LogP contribution >= 0.6 is 12.2 Å². The minimum atomic E-state index is -4.76. The Hall–Kier alpha value is -3.23. The van der Waals surface area contributed by atoms with Crippen LogP contribution in [0.4, 0.5) is 24.5 Å². The summed E-state index contributed by atoms with van der Waals surface area (Å²) in [5.74, 6) is 0.215. The van der Waals surface area contributed by atoms with Gasteiger partial charge in [0.25, 0.3) is 5.91 Å². The number of halogens is 3. The first-order valence-electron chi connectivity index (χ1n) is 10.5. The van der Waals surface area contributed by atoms with Gasteiger partial charge in [0.05, 0.1) is 48.0 Å². The summed E-state index contributed by atoms with van der Waals surface area (Å²) in [7, 11) is 0. The number of pyridine rings is 1. The van der Waals surface area contributed by atoms with Gasteiger partial charge in [-0.1, -0.05) is 0 Å². The molecule has 0 aliphatic carbocycles. The Morgan fingerprint density at radius 1 is 1.29 bits per heavy atom. The van der Waals surface area contributed by atoms with Crippen molar-refractivity contribution in [1.82, 2.24) is 4.98 Å². The molecule has 1 amide bonds. The molecule has 1 unspecified atom stereocenters. The molecule has 2 fully saturated rings. The molecule has 34 heavy (non-hydrogen) atoms. The molecule has 2 saturated heterocycles. The zero-order valence-corrected chi connectivity index (χ0v) is 19.2. The lowest BCUT2D eigenvalue weighted by Gasteiger charge is -2.29. The van der Waals surface area contributed by atoms with Crippen molar-refractivity contribution < 1.29 is 27.4 Å². The number of carbonyl (C=O) groups is 1. The maximum atomic E-state index is 13.5. The van der Waals surface area contributed by atoms with E-state index in [1.165, 1.54) is 23.2 Å². The number of hydrogen-bond acceptors (Lipinski definition) is 6. The van der Waals surface area contributed by atoms with Crippen LogP contribution < -0.4 is 14.5 Å². The second-order valence-electron chi connectivity index (χ2n) is 8.55. The Balaban J connectivity index is 1.61. The lowest BCUT2D eigenvalue weighted by molar-refractivity contribution is -0.137. The van der Waals surface area contributed by atoms with Crippen LogP contribution in [0.25, 0.3) is 0 Å². The van der Waals surface area contributed by atoms with Crippen LogP contribution in [-0.2, 0) is 15.7 Å². The summed E-state index contributed by atoms with van der Waals surface area (Å²) in [6, 6.07) is 7.96. The quantitative estimate of drug-likeness (QED) is 0.578. The molecule has 0 radical (unpaired) electrons. The van der Waals surface area contributed by atoms with E-state index in [0.29, 0.717) is 30.7 Å². The summed E-state index contributed by atoms with van der Waals surface area (Å²) >= 11 is 5.52. The molecule has 0 N–H and O–H groups in total. The zero-order valence-electron chi connectivity index (χ0n) is 18.4. The number of hydrogen-bond donors (Lipinski definition) is 0. The van der Waals surface area contributed by atoms with Crippen molar-refractivity contribution in [3.63, 3.8) is 0 Å². The highest BCUT2D eigenvalue weighted by atomic mass is 32.1. The molecule has 7 nitrogen and oxygen atoms in total. The minimum Gasteiger partial charge on any atom is -0.477 e. The second-order valence-corrected chi connectivity index (χ2v) is 8.92. The molecule has 1 aromatic heterocycles. The van der Waals surface area contributed by atoms with E-state index >= 15 is 0 Å². The third kappa shape index (κ3) is 4.31. The van der Waals surface area contributed by atoms with Crippen molar-refractivity contribution in [2.24, 2.45) is 5.92 Å². The average Bonchev–Trinajstić information content (AvgIpc) is 3.37. The number of anilines is 2.